The summed E-state index contributed by atoms with van der Waals surface area (Å²) in [4.78, 5) is 16.2. The molecule has 0 spiro atoms. The van der Waals surface area contributed by atoms with Gasteiger partial charge in [-0.05, 0) is 36.4 Å². The van der Waals surface area contributed by atoms with Crippen molar-refractivity contribution in [2.45, 2.75) is 0 Å². The highest BCUT2D eigenvalue weighted by atomic mass is 16.5. The van der Waals surface area contributed by atoms with Crippen LogP contribution in [0.25, 0.3) is 0 Å². The standard InChI is InChI=1S/C18H20N2O4/c21-15-7-5-14(6-8-15)19-9-11-20(12-10-19)18(23)13-24-17-4-2-1-3-16(17)22/h1-8,21-22H,9-13H2. The van der Waals surface area contributed by atoms with Gasteiger partial charge in [0.05, 0.1) is 0 Å². The molecule has 0 radical (unpaired) electrons. The fourth-order valence-electron chi connectivity index (χ4n) is 2.69. The number of carbonyl (C=O) groups is 1. The van der Waals surface area contributed by atoms with Gasteiger partial charge in [-0.25, -0.2) is 0 Å². The number of anilines is 1. The third kappa shape index (κ3) is 3.71. The molecule has 0 saturated carbocycles. The van der Waals surface area contributed by atoms with E-state index in [2.05, 4.69) is 4.90 Å². The molecular weight excluding hydrogens is 308 g/mol. The van der Waals surface area contributed by atoms with Gasteiger partial charge in [0.2, 0.25) is 0 Å². The highest BCUT2D eigenvalue weighted by Crippen LogP contribution is 2.24. The molecule has 1 amide bonds. The molecule has 0 unspecified atom stereocenters. The zero-order valence-electron chi connectivity index (χ0n) is 13.3. The predicted octanol–water partition coefficient (Wildman–Crippen LogP) is 1.83. The van der Waals surface area contributed by atoms with Crippen molar-refractivity contribution < 1.29 is 19.7 Å². The maximum atomic E-state index is 12.2. The predicted molar refractivity (Wildman–Crippen MR) is 90.5 cm³/mol. The molecule has 2 N–H and O–H groups in total. The zero-order chi connectivity index (χ0) is 16.9. The molecule has 0 aliphatic carbocycles. The van der Waals surface area contributed by atoms with Crippen molar-refractivity contribution in [2.24, 2.45) is 0 Å². The molecule has 2 aromatic carbocycles. The van der Waals surface area contributed by atoms with Gasteiger partial charge in [0.1, 0.15) is 5.75 Å². The molecule has 6 nitrogen and oxygen atoms in total. The summed E-state index contributed by atoms with van der Waals surface area (Å²) in [7, 11) is 0. The van der Waals surface area contributed by atoms with E-state index in [1.54, 1.807) is 35.2 Å². The molecule has 1 fully saturated rings. The summed E-state index contributed by atoms with van der Waals surface area (Å²) >= 11 is 0. The van der Waals surface area contributed by atoms with Crippen LogP contribution < -0.4 is 9.64 Å². The second-order valence-corrected chi connectivity index (χ2v) is 5.64. The summed E-state index contributed by atoms with van der Waals surface area (Å²) in [5, 5.41) is 19.0. The van der Waals surface area contributed by atoms with E-state index in [-0.39, 0.29) is 24.0 Å². The number of ether oxygens (including phenoxy) is 1. The van der Waals surface area contributed by atoms with E-state index >= 15 is 0 Å². The van der Waals surface area contributed by atoms with Gasteiger partial charge in [0, 0.05) is 31.9 Å². The Kier molecular flexibility index (Phi) is 4.74. The average Bonchev–Trinajstić information content (AvgIpc) is 2.62. The second-order valence-electron chi connectivity index (χ2n) is 5.64. The quantitative estimate of drug-likeness (QED) is 0.896. The number of amides is 1. The molecule has 1 saturated heterocycles. The number of nitrogens with zero attached hydrogens (tertiary/aromatic N) is 2. The minimum absolute atomic E-state index is 0.0300. The van der Waals surface area contributed by atoms with Gasteiger partial charge in [-0.1, -0.05) is 12.1 Å². The fraction of sp³-hybridized carbons (Fsp3) is 0.278. The Balaban J connectivity index is 1.50. The Morgan fingerprint density at radius 1 is 0.958 bits per heavy atom. The number of hydrogen-bond donors (Lipinski definition) is 2. The topological polar surface area (TPSA) is 73.2 Å². The first-order chi connectivity index (χ1) is 11.6. The Labute approximate surface area is 140 Å². The molecule has 1 heterocycles. The van der Waals surface area contributed by atoms with Gasteiger partial charge in [-0.2, -0.15) is 0 Å². The van der Waals surface area contributed by atoms with Crippen LogP contribution in [0.5, 0.6) is 17.2 Å². The Hall–Kier alpha value is -2.89. The first kappa shape index (κ1) is 16.0. The number of piperazine rings is 1. The van der Waals surface area contributed by atoms with Crippen LogP contribution in [0, 0.1) is 0 Å². The minimum Gasteiger partial charge on any atom is -0.508 e. The number of carbonyl (C=O) groups excluding carboxylic acids is 1. The van der Waals surface area contributed by atoms with Crippen LogP contribution in [0.4, 0.5) is 5.69 Å². The van der Waals surface area contributed by atoms with Gasteiger partial charge in [0.15, 0.2) is 18.1 Å². The molecule has 1 aliphatic heterocycles. The number of para-hydroxylation sites is 2. The lowest BCUT2D eigenvalue weighted by Crippen LogP contribution is -2.50. The van der Waals surface area contributed by atoms with Crippen molar-refractivity contribution in [1.82, 2.24) is 4.90 Å². The van der Waals surface area contributed by atoms with Crippen molar-refractivity contribution in [3.05, 3.63) is 48.5 Å². The summed E-state index contributed by atoms with van der Waals surface area (Å²) < 4.78 is 5.39. The third-order valence-electron chi connectivity index (χ3n) is 4.06. The van der Waals surface area contributed by atoms with E-state index < -0.39 is 0 Å². The van der Waals surface area contributed by atoms with Gasteiger partial charge in [-0.3, -0.25) is 4.79 Å². The lowest BCUT2D eigenvalue weighted by molar-refractivity contribution is -0.133. The molecule has 0 aromatic heterocycles. The van der Waals surface area contributed by atoms with Crippen molar-refractivity contribution in [3.8, 4) is 17.2 Å². The fourth-order valence-corrected chi connectivity index (χ4v) is 2.69. The van der Waals surface area contributed by atoms with Gasteiger partial charge < -0.3 is 24.7 Å². The molecule has 0 atom stereocenters. The van der Waals surface area contributed by atoms with Crippen LogP contribution in [0.3, 0.4) is 0 Å². The summed E-state index contributed by atoms with van der Waals surface area (Å²) in [5.74, 6) is 0.494. The van der Waals surface area contributed by atoms with Crippen molar-refractivity contribution >= 4 is 11.6 Å². The molecule has 126 valence electrons. The van der Waals surface area contributed by atoms with Gasteiger partial charge >= 0.3 is 0 Å². The second kappa shape index (κ2) is 7.12. The number of hydrogen-bond acceptors (Lipinski definition) is 5. The largest absolute Gasteiger partial charge is 0.508 e. The number of phenolic OH excluding ortho intramolecular Hbond substituents is 2. The van der Waals surface area contributed by atoms with Gasteiger partial charge in [0.25, 0.3) is 5.91 Å². The van der Waals surface area contributed by atoms with Crippen LogP contribution in [-0.4, -0.2) is 53.8 Å². The number of phenols is 2. The van der Waals surface area contributed by atoms with E-state index in [4.69, 9.17) is 4.74 Å². The maximum absolute atomic E-state index is 12.2. The molecule has 0 bridgehead atoms. The van der Waals surface area contributed by atoms with Crippen molar-refractivity contribution in [2.75, 3.05) is 37.7 Å². The average molecular weight is 328 g/mol. The maximum Gasteiger partial charge on any atom is 0.260 e. The Morgan fingerprint density at radius 3 is 2.29 bits per heavy atom. The van der Waals surface area contributed by atoms with Crippen molar-refractivity contribution in [1.29, 1.82) is 0 Å². The number of benzene rings is 2. The number of rotatable bonds is 4. The van der Waals surface area contributed by atoms with E-state index in [0.717, 1.165) is 18.8 Å². The lowest BCUT2D eigenvalue weighted by Gasteiger charge is -2.36. The molecule has 6 heteroatoms. The summed E-state index contributed by atoms with van der Waals surface area (Å²) in [6.45, 7) is 2.60. The first-order valence-corrected chi connectivity index (χ1v) is 7.86. The van der Waals surface area contributed by atoms with Crippen LogP contribution in [0.15, 0.2) is 48.5 Å². The summed E-state index contributed by atoms with van der Waals surface area (Å²) in [5.41, 5.74) is 1.03. The third-order valence-corrected chi connectivity index (χ3v) is 4.06. The molecular formula is C18H20N2O4. The van der Waals surface area contributed by atoms with E-state index in [0.29, 0.717) is 18.8 Å². The van der Waals surface area contributed by atoms with Crippen molar-refractivity contribution in [3.63, 3.8) is 0 Å². The molecule has 2 aromatic rings. The Morgan fingerprint density at radius 2 is 1.62 bits per heavy atom. The molecule has 3 rings (SSSR count). The van der Waals surface area contributed by atoms with E-state index in [1.165, 1.54) is 6.07 Å². The monoisotopic (exact) mass is 328 g/mol. The summed E-state index contributed by atoms with van der Waals surface area (Å²) in [6, 6.07) is 13.7. The van der Waals surface area contributed by atoms with Gasteiger partial charge in [-0.15, -0.1) is 0 Å². The zero-order valence-corrected chi connectivity index (χ0v) is 13.3. The minimum atomic E-state index is -0.0939. The first-order valence-electron chi connectivity index (χ1n) is 7.86. The smallest absolute Gasteiger partial charge is 0.260 e. The van der Waals surface area contributed by atoms with E-state index in [9.17, 15) is 15.0 Å². The lowest BCUT2D eigenvalue weighted by atomic mass is 10.2. The van der Waals surface area contributed by atoms with Crippen LogP contribution in [0.1, 0.15) is 0 Å². The van der Waals surface area contributed by atoms with E-state index in [1.807, 2.05) is 12.1 Å². The van der Waals surface area contributed by atoms with Crippen LogP contribution in [0.2, 0.25) is 0 Å². The highest BCUT2D eigenvalue weighted by molar-refractivity contribution is 5.78. The molecule has 1 aliphatic rings. The van der Waals surface area contributed by atoms with Crippen LogP contribution in [-0.2, 0) is 4.79 Å². The van der Waals surface area contributed by atoms with Crippen LogP contribution >= 0.6 is 0 Å². The molecule has 24 heavy (non-hydrogen) atoms. The highest BCUT2D eigenvalue weighted by Gasteiger charge is 2.21. The number of aromatic hydroxyl groups is 2. The Bertz CT molecular complexity index is 694. The normalized spacial score (nSPS) is 14.5. The summed E-state index contributed by atoms with van der Waals surface area (Å²) in [6.07, 6.45) is 0. The SMILES string of the molecule is O=C(COc1ccccc1O)N1CCN(c2ccc(O)cc2)CC1.